The minimum absolute atomic E-state index is 0.660. The van der Waals surface area contributed by atoms with Crippen LogP contribution in [0.5, 0.6) is 0 Å². The summed E-state index contributed by atoms with van der Waals surface area (Å²) in [4.78, 5) is 8.99. The van der Waals surface area contributed by atoms with E-state index in [2.05, 4.69) is 57.5 Å². The lowest BCUT2D eigenvalue weighted by Gasteiger charge is -2.07. The zero-order valence-electron chi connectivity index (χ0n) is 14.4. The molecule has 0 fully saturated rings. The van der Waals surface area contributed by atoms with Crippen molar-refractivity contribution in [1.82, 2.24) is 30.2 Å². The quantitative estimate of drug-likeness (QED) is 0.514. The van der Waals surface area contributed by atoms with E-state index < -0.39 is 0 Å². The van der Waals surface area contributed by atoms with Crippen LogP contribution in [0.2, 0.25) is 0 Å². The van der Waals surface area contributed by atoms with Gasteiger partial charge in [-0.05, 0) is 65.4 Å². The molecule has 0 aliphatic rings. The number of hydrogen-bond donors (Lipinski definition) is 0. The topological polar surface area (TPSA) is 69.4 Å². The summed E-state index contributed by atoms with van der Waals surface area (Å²) in [5, 5.41) is 13.6. The van der Waals surface area contributed by atoms with Crippen molar-refractivity contribution in [2.75, 3.05) is 0 Å². The first-order valence-corrected chi connectivity index (χ1v) is 8.94. The fourth-order valence-corrected chi connectivity index (χ4v) is 3.45. The standard InChI is InChI=1S/C19H16N6S/c1-13-10-14(2)12-16(11-13)25-19(22-23-24-25)26-17-8-9-20-18(21-17)15-6-4-3-5-7-15/h3-12H,1-2H3. The zero-order valence-corrected chi connectivity index (χ0v) is 15.2. The fraction of sp³-hybridized carbons (Fsp3) is 0.105. The van der Waals surface area contributed by atoms with Crippen LogP contribution in [0.25, 0.3) is 17.1 Å². The van der Waals surface area contributed by atoms with Crippen molar-refractivity contribution in [3.8, 4) is 17.1 Å². The van der Waals surface area contributed by atoms with E-state index in [1.54, 1.807) is 10.9 Å². The molecule has 0 N–H and O–H groups in total. The molecule has 0 amide bonds. The van der Waals surface area contributed by atoms with Crippen LogP contribution in [0, 0.1) is 13.8 Å². The molecular formula is C19H16N6S. The van der Waals surface area contributed by atoms with Gasteiger partial charge in [-0.25, -0.2) is 9.97 Å². The van der Waals surface area contributed by atoms with Gasteiger partial charge in [-0.1, -0.05) is 36.4 Å². The van der Waals surface area contributed by atoms with Gasteiger partial charge in [0.1, 0.15) is 5.03 Å². The van der Waals surface area contributed by atoms with Crippen molar-refractivity contribution < 1.29 is 0 Å². The third kappa shape index (κ3) is 3.48. The van der Waals surface area contributed by atoms with Gasteiger partial charge in [-0.2, -0.15) is 4.68 Å². The molecule has 2 heterocycles. The van der Waals surface area contributed by atoms with Crippen LogP contribution < -0.4 is 0 Å². The van der Waals surface area contributed by atoms with E-state index in [4.69, 9.17) is 0 Å². The molecule has 0 saturated carbocycles. The van der Waals surface area contributed by atoms with Crippen LogP contribution in [0.15, 0.2) is 71.0 Å². The molecule has 0 bridgehead atoms. The number of hydrogen-bond acceptors (Lipinski definition) is 6. The molecule has 0 unspecified atom stereocenters. The Morgan fingerprint density at radius 1 is 0.923 bits per heavy atom. The predicted octanol–water partition coefficient (Wildman–Crippen LogP) is 3.89. The van der Waals surface area contributed by atoms with Crippen molar-refractivity contribution in [1.29, 1.82) is 0 Å². The van der Waals surface area contributed by atoms with E-state index in [9.17, 15) is 0 Å². The lowest BCUT2D eigenvalue weighted by atomic mass is 10.1. The summed E-state index contributed by atoms with van der Waals surface area (Å²) in [6.45, 7) is 4.12. The highest BCUT2D eigenvalue weighted by Crippen LogP contribution is 2.27. The normalized spacial score (nSPS) is 10.8. The van der Waals surface area contributed by atoms with E-state index >= 15 is 0 Å². The Kier molecular flexibility index (Phi) is 4.45. The van der Waals surface area contributed by atoms with E-state index in [-0.39, 0.29) is 0 Å². The molecule has 26 heavy (non-hydrogen) atoms. The SMILES string of the molecule is Cc1cc(C)cc(-n2nnnc2Sc2ccnc(-c3ccccc3)n2)c1. The van der Waals surface area contributed by atoms with Gasteiger partial charge in [-0.3, -0.25) is 0 Å². The summed E-state index contributed by atoms with van der Waals surface area (Å²) in [5.74, 6) is 0.682. The van der Waals surface area contributed by atoms with Gasteiger partial charge in [0.2, 0.25) is 5.16 Å². The van der Waals surface area contributed by atoms with Crippen molar-refractivity contribution in [2.45, 2.75) is 24.0 Å². The van der Waals surface area contributed by atoms with Crippen LogP contribution in [0.3, 0.4) is 0 Å². The number of aromatic nitrogens is 6. The summed E-state index contributed by atoms with van der Waals surface area (Å²) in [7, 11) is 0. The average Bonchev–Trinajstić information content (AvgIpc) is 3.10. The molecule has 7 heteroatoms. The molecule has 0 radical (unpaired) electrons. The molecule has 4 rings (SSSR count). The van der Waals surface area contributed by atoms with Gasteiger partial charge in [0.15, 0.2) is 5.82 Å². The molecule has 4 aromatic rings. The molecular weight excluding hydrogens is 344 g/mol. The Balaban J connectivity index is 1.66. The second kappa shape index (κ2) is 7.05. The van der Waals surface area contributed by atoms with Crippen molar-refractivity contribution in [3.05, 3.63) is 71.9 Å². The molecule has 2 aromatic carbocycles. The maximum absolute atomic E-state index is 4.63. The van der Waals surface area contributed by atoms with E-state index in [1.165, 1.54) is 22.9 Å². The number of rotatable bonds is 4. The molecule has 0 aliphatic carbocycles. The third-order valence-electron chi connectivity index (χ3n) is 3.75. The zero-order chi connectivity index (χ0) is 17.9. The number of tetrazole rings is 1. The lowest BCUT2D eigenvalue weighted by molar-refractivity contribution is 0.754. The predicted molar refractivity (Wildman–Crippen MR) is 100 cm³/mol. The van der Waals surface area contributed by atoms with E-state index in [0.717, 1.165) is 16.3 Å². The molecule has 128 valence electrons. The minimum Gasteiger partial charge on any atom is -0.237 e. The minimum atomic E-state index is 0.660. The van der Waals surface area contributed by atoms with Crippen LogP contribution in [0.4, 0.5) is 0 Å². The second-order valence-electron chi connectivity index (χ2n) is 5.91. The van der Waals surface area contributed by atoms with Gasteiger partial charge in [0.25, 0.3) is 0 Å². The maximum atomic E-state index is 4.63. The fourth-order valence-electron chi connectivity index (χ4n) is 2.70. The first-order chi connectivity index (χ1) is 12.7. The highest BCUT2D eigenvalue weighted by Gasteiger charge is 2.12. The molecule has 2 aromatic heterocycles. The summed E-state index contributed by atoms with van der Waals surface area (Å²) >= 11 is 1.41. The average molecular weight is 360 g/mol. The van der Waals surface area contributed by atoms with Crippen molar-refractivity contribution >= 4 is 11.8 Å². The lowest BCUT2D eigenvalue weighted by Crippen LogP contribution is -2.00. The van der Waals surface area contributed by atoms with Crippen LogP contribution in [0.1, 0.15) is 11.1 Å². The van der Waals surface area contributed by atoms with Gasteiger partial charge < -0.3 is 0 Å². The summed E-state index contributed by atoms with van der Waals surface area (Å²) in [5.41, 5.74) is 4.25. The molecule has 0 aliphatic heterocycles. The van der Waals surface area contributed by atoms with Crippen molar-refractivity contribution in [2.24, 2.45) is 0 Å². The Labute approximate surface area is 155 Å². The van der Waals surface area contributed by atoms with Gasteiger partial charge in [0.05, 0.1) is 5.69 Å². The first-order valence-electron chi connectivity index (χ1n) is 8.12. The number of benzene rings is 2. The smallest absolute Gasteiger partial charge is 0.220 e. The Hall–Kier alpha value is -3.06. The molecule has 0 saturated heterocycles. The second-order valence-corrected chi connectivity index (χ2v) is 6.89. The monoisotopic (exact) mass is 360 g/mol. The van der Waals surface area contributed by atoms with Gasteiger partial charge in [-0.15, -0.1) is 5.10 Å². The summed E-state index contributed by atoms with van der Waals surface area (Å²) in [6, 6.07) is 18.0. The van der Waals surface area contributed by atoms with E-state index in [1.807, 2.05) is 36.4 Å². The number of nitrogens with zero attached hydrogens (tertiary/aromatic N) is 6. The molecule has 0 atom stereocenters. The van der Waals surface area contributed by atoms with E-state index in [0.29, 0.717) is 11.0 Å². The summed E-state index contributed by atoms with van der Waals surface area (Å²) in [6.07, 6.45) is 1.75. The number of aryl methyl sites for hydroxylation is 2. The highest BCUT2D eigenvalue weighted by atomic mass is 32.2. The molecule has 6 nitrogen and oxygen atoms in total. The Bertz CT molecular complexity index is 1020. The Morgan fingerprint density at radius 3 is 2.46 bits per heavy atom. The Morgan fingerprint density at radius 2 is 1.69 bits per heavy atom. The van der Waals surface area contributed by atoms with Gasteiger partial charge >= 0.3 is 0 Å². The molecule has 0 spiro atoms. The highest BCUT2D eigenvalue weighted by molar-refractivity contribution is 7.99. The first kappa shape index (κ1) is 16.4. The van der Waals surface area contributed by atoms with Crippen molar-refractivity contribution in [3.63, 3.8) is 0 Å². The van der Waals surface area contributed by atoms with Crippen LogP contribution >= 0.6 is 11.8 Å². The maximum Gasteiger partial charge on any atom is 0.220 e. The van der Waals surface area contributed by atoms with Crippen LogP contribution in [-0.2, 0) is 0 Å². The largest absolute Gasteiger partial charge is 0.237 e. The third-order valence-corrected chi connectivity index (χ3v) is 4.62. The van der Waals surface area contributed by atoms with Gasteiger partial charge in [0, 0.05) is 11.8 Å². The summed E-state index contributed by atoms with van der Waals surface area (Å²) < 4.78 is 1.73. The van der Waals surface area contributed by atoms with Crippen LogP contribution in [-0.4, -0.2) is 30.2 Å².